The number of rotatable bonds is 2. The molecule has 0 unspecified atom stereocenters. The third-order valence-corrected chi connectivity index (χ3v) is 3.18. The van der Waals surface area contributed by atoms with Crippen LogP contribution in [0.5, 0.6) is 0 Å². The normalized spacial score (nSPS) is 16.2. The van der Waals surface area contributed by atoms with E-state index in [9.17, 15) is 5.11 Å². The van der Waals surface area contributed by atoms with Gasteiger partial charge in [0.1, 0.15) is 0 Å². The fourth-order valence-corrected chi connectivity index (χ4v) is 2.14. The molecule has 0 fully saturated rings. The van der Waals surface area contributed by atoms with Gasteiger partial charge in [-0.3, -0.25) is 0 Å². The Kier molecular flexibility index (Phi) is 3.30. The van der Waals surface area contributed by atoms with E-state index in [0.29, 0.717) is 0 Å². The summed E-state index contributed by atoms with van der Waals surface area (Å²) < 4.78 is 0. The molecule has 1 aromatic rings. The van der Waals surface area contributed by atoms with Crippen molar-refractivity contribution in [3.8, 4) is 0 Å². The molecular weight excluding hydrogens is 198 g/mol. The second-order valence-electron chi connectivity index (χ2n) is 4.54. The monoisotopic (exact) mass is 217 g/mol. The molecule has 0 aromatic heterocycles. The van der Waals surface area contributed by atoms with E-state index < -0.39 is 0 Å². The maximum absolute atomic E-state index is 9.38. The van der Waals surface area contributed by atoms with E-state index in [0.717, 1.165) is 25.1 Å². The Bertz CT molecular complexity index is 409. The van der Waals surface area contributed by atoms with Crippen LogP contribution in [0.4, 0.5) is 5.69 Å². The Labute approximate surface area is 97.2 Å². The number of aryl methyl sites for hydroxylation is 1. The van der Waals surface area contributed by atoms with Gasteiger partial charge in [0.05, 0.1) is 6.61 Å². The smallest absolute Gasteiger partial charge is 0.0702 e. The fraction of sp³-hybridized carbons (Fsp3) is 0.429. The quantitative estimate of drug-likeness (QED) is 0.770. The molecule has 1 aliphatic heterocycles. The summed E-state index contributed by atoms with van der Waals surface area (Å²) >= 11 is 0. The minimum Gasteiger partial charge on any atom is -0.392 e. The van der Waals surface area contributed by atoms with Crippen LogP contribution in [0.3, 0.4) is 0 Å². The summed E-state index contributed by atoms with van der Waals surface area (Å²) in [5.41, 5.74) is 4.88. The number of nitrogens with zero attached hydrogens (tertiary/aromatic N) is 1. The van der Waals surface area contributed by atoms with Gasteiger partial charge >= 0.3 is 0 Å². The van der Waals surface area contributed by atoms with Gasteiger partial charge in [0.25, 0.3) is 0 Å². The molecule has 0 saturated carbocycles. The molecule has 0 aliphatic carbocycles. The van der Waals surface area contributed by atoms with E-state index in [1.807, 2.05) is 0 Å². The Morgan fingerprint density at radius 1 is 1.31 bits per heavy atom. The van der Waals surface area contributed by atoms with Crippen LogP contribution in [0.2, 0.25) is 0 Å². The first-order chi connectivity index (χ1) is 7.70. The highest BCUT2D eigenvalue weighted by molar-refractivity contribution is 5.56. The summed E-state index contributed by atoms with van der Waals surface area (Å²) in [5.74, 6) is 0. The van der Waals surface area contributed by atoms with Crippen LogP contribution in [-0.4, -0.2) is 18.2 Å². The van der Waals surface area contributed by atoms with Crippen molar-refractivity contribution in [1.29, 1.82) is 0 Å². The van der Waals surface area contributed by atoms with Gasteiger partial charge in [-0.25, -0.2) is 0 Å². The molecule has 86 valence electrons. The van der Waals surface area contributed by atoms with E-state index >= 15 is 0 Å². The first-order valence-corrected chi connectivity index (χ1v) is 5.81. The average molecular weight is 217 g/mol. The van der Waals surface area contributed by atoms with Crippen molar-refractivity contribution in [1.82, 2.24) is 0 Å². The van der Waals surface area contributed by atoms with Gasteiger partial charge in [-0.15, -0.1) is 0 Å². The highest BCUT2D eigenvalue weighted by Gasteiger charge is 2.13. The first kappa shape index (κ1) is 11.2. The molecule has 0 amide bonds. The van der Waals surface area contributed by atoms with E-state index in [1.54, 1.807) is 0 Å². The highest BCUT2D eigenvalue weighted by atomic mass is 16.3. The first-order valence-electron chi connectivity index (χ1n) is 5.81. The zero-order valence-electron chi connectivity index (χ0n) is 10.0. The van der Waals surface area contributed by atoms with Crippen LogP contribution in [0, 0.1) is 6.92 Å². The predicted octanol–water partition coefficient (Wildman–Crippen LogP) is 2.64. The van der Waals surface area contributed by atoms with Crippen LogP contribution >= 0.6 is 0 Å². The van der Waals surface area contributed by atoms with Gasteiger partial charge < -0.3 is 10.0 Å². The zero-order chi connectivity index (χ0) is 11.5. The molecule has 1 aliphatic rings. The molecule has 2 rings (SSSR count). The lowest BCUT2D eigenvalue weighted by atomic mass is 10.1. The molecule has 2 nitrogen and oxygen atoms in total. The molecule has 0 atom stereocenters. The second-order valence-corrected chi connectivity index (χ2v) is 4.54. The molecule has 2 heteroatoms. The van der Waals surface area contributed by atoms with Gasteiger partial charge in [-0.2, -0.15) is 0 Å². The number of benzene rings is 1. The second kappa shape index (κ2) is 4.71. The standard InChI is InChI=1S/C14H19NO/c1-11-5-7-15(8-6-11)14-4-3-12(2)9-13(14)10-16/h3-5,9,16H,6-8,10H2,1-2H3. The minimum absolute atomic E-state index is 0.121. The van der Waals surface area contributed by atoms with Crippen molar-refractivity contribution >= 4 is 5.69 Å². The predicted molar refractivity (Wildman–Crippen MR) is 67.7 cm³/mol. The van der Waals surface area contributed by atoms with Crippen molar-refractivity contribution in [2.45, 2.75) is 26.9 Å². The number of anilines is 1. The molecule has 16 heavy (non-hydrogen) atoms. The lowest BCUT2D eigenvalue weighted by molar-refractivity contribution is 0.282. The number of aliphatic hydroxyl groups is 1. The number of aliphatic hydroxyl groups excluding tert-OH is 1. The van der Waals surface area contributed by atoms with Crippen LogP contribution < -0.4 is 4.90 Å². The van der Waals surface area contributed by atoms with Crippen LogP contribution in [0.1, 0.15) is 24.5 Å². The molecule has 1 heterocycles. The van der Waals surface area contributed by atoms with Crippen molar-refractivity contribution in [3.05, 3.63) is 41.0 Å². The molecular formula is C14H19NO. The fourth-order valence-electron chi connectivity index (χ4n) is 2.14. The SMILES string of the molecule is CC1=CCN(c2ccc(C)cc2CO)CC1. The van der Waals surface area contributed by atoms with E-state index in [4.69, 9.17) is 0 Å². The summed E-state index contributed by atoms with van der Waals surface area (Å²) in [6.45, 7) is 6.37. The zero-order valence-corrected chi connectivity index (χ0v) is 10.0. The largest absolute Gasteiger partial charge is 0.392 e. The molecule has 0 bridgehead atoms. The van der Waals surface area contributed by atoms with Gasteiger partial charge in [0.15, 0.2) is 0 Å². The van der Waals surface area contributed by atoms with Crippen molar-refractivity contribution in [2.75, 3.05) is 18.0 Å². The third-order valence-electron chi connectivity index (χ3n) is 3.18. The summed E-state index contributed by atoms with van der Waals surface area (Å²) in [6.07, 6.45) is 3.39. The minimum atomic E-state index is 0.121. The molecule has 1 aromatic carbocycles. The Hall–Kier alpha value is -1.28. The molecule has 0 radical (unpaired) electrons. The molecule has 0 saturated heterocycles. The third kappa shape index (κ3) is 2.27. The Morgan fingerprint density at radius 3 is 2.75 bits per heavy atom. The van der Waals surface area contributed by atoms with E-state index in [2.05, 4.69) is 43.0 Å². The molecule has 0 spiro atoms. The topological polar surface area (TPSA) is 23.5 Å². The van der Waals surface area contributed by atoms with Gasteiger partial charge in [0.2, 0.25) is 0 Å². The maximum atomic E-state index is 9.38. The Morgan fingerprint density at radius 2 is 2.12 bits per heavy atom. The van der Waals surface area contributed by atoms with Gasteiger partial charge in [0, 0.05) is 24.3 Å². The number of hydrogen-bond donors (Lipinski definition) is 1. The lowest BCUT2D eigenvalue weighted by Crippen LogP contribution is -2.29. The van der Waals surface area contributed by atoms with Crippen molar-refractivity contribution in [2.24, 2.45) is 0 Å². The lowest BCUT2D eigenvalue weighted by Gasteiger charge is -2.29. The van der Waals surface area contributed by atoms with Crippen LogP contribution in [0.25, 0.3) is 0 Å². The Balaban J connectivity index is 2.27. The van der Waals surface area contributed by atoms with E-state index in [1.165, 1.54) is 16.8 Å². The number of hydrogen-bond acceptors (Lipinski definition) is 2. The van der Waals surface area contributed by atoms with Gasteiger partial charge in [-0.1, -0.05) is 29.3 Å². The maximum Gasteiger partial charge on any atom is 0.0702 e. The van der Waals surface area contributed by atoms with Crippen molar-refractivity contribution in [3.63, 3.8) is 0 Å². The summed E-state index contributed by atoms with van der Waals surface area (Å²) in [5, 5.41) is 9.38. The summed E-state index contributed by atoms with van der Waals surface area (Å²) in [6, 6.07) is 6.30. The van der Waals surface area contributed by atoms with Crippen LogP contribution in [-0.2, 0) is 6.61 Å². The summed E-state index contributed by atoms with van der Waals surface area (Å²) in [4.78, 5) is 2.33. The van der Waals surface area contributed by atoms with Gasteiger partial charge in [-0.05, 0) is 26.3 Å². The summed E-state index contributed by atoms with van der Waals surface area (Å²) in [7, 11) is 0. The van der Waals surface area contributed by atoms with E-state index in [-0.39, 0.29) is 6.61 Å². The average Bonchev–Trinajstić information content (AvgIpc) is 2.30. The van der Waals surface area contributed by atoms with Crippen molar-refractivity contribution < 1.29 is 5.11 Å². The van der Waals surface area contributed by atoms with Crippen LogP contribution in [0.15, 0.2) is 29.8 Å². The molecule has 1 N–H and O–H groups in total. The highest BCUT2D eigenvalue weighted by Crippen LogP contribution is 2.24.